The zero-order valence-corrected chi connectivity index (χ0v) is 17.0. The molecule has 5 rings (SSSR count). The first kappa shape index (κ1) is 18.6. The number of carbonyl (C=O) groups is 1. The standard InChI is InChI=1S/C22H26FN3O3/c1-12-18-15(26(13-4-5-13)9-14(20(18)27)21(28)29)8-16(19(12)23)25-10-17(24(2)3)22(11-25)6-7-22/h8-9,13,17H,4-7,10-11H2,1-3H3,(H,28,29)/t17-/m1/s1. The van der Waals surface area contributed by atoms with Gasteiger partial charge in [-0.25, -0.2) is 9.18 Å². The fraction of sp³-hybridized carbons (Fsp3) is 0.545. The Morgan fingerprint density at radius 2 is 2.00 bits per heavy atom. The number of aromatic carboxylic acids is 1. The Kier molecular flexibility index (Phi) is 3.88. The molecule has 1 aromatic heterocycles. The molecule has 2 heterocycles. The molecule has 1 spiro atoms. The first-order valence-corrected chi connectivity index (χ1v) is 10.3. The molecule has 1 saturated heterocycles. The molecule has 3 fully saturated rings. The SMILES string of the molecule is Cc1c(F)c(N2C[C@@H](N(C)C)C3(CC3)C2)cc2c1c(=O)c(C(=O)O)cn2C1CC1. The Morgan fingerprint density at radius 1 is 1.31 bits per heavy atom. The number of benzene rings is 1. The highest BCUT2D eigenvalue weighted by atomic mass is 19.1. The average molecular weight is 399 g/mol. The van der Waals surface area contributed by atoms with E-state index >= 15 is 4.39 Å². The molecule has 0 radical (unpaired) electrons. The summed E-state index contributed by atoms with van der Waals surface area (Å²) < 4.78 is 17.4. The van der Waals surface area contributed by atoms with Crippen LogP contribution in [0.15, 0.2) is 17.1 Å². The number of aryl methyl sites for hydroxylation is 1. The molecule has 1 aromatic carbocycles. The summed E-state index contributed by atoms with van der Waals surface area (Å²) >= 11 is 0. The monoisotopic (exact) mass is 399 g/mol. The highest BCUT2D eigenvalue weighted by molar-refractivity contribution is 5.95. The number of nitrogens with zero attached hydrogens (tertiary/aromatic N) is 3. The number of hydrogen-bond acceptors (Lipinski definition) is 4. The van der Waals surface area contributed by atoms with Crippen molar-refractivity contribution in [3.05, 3.63) is 39.4 Å². The van der Waals surface area contributed by atoms with Crippen LogP contribution in [0.3, 0.4) is 0 Å². The Hall–Kier alpha value is -2.41. The molecule has 3 aliphatic rings. The third kappa shape index (κ3) is 2.70. The number of carboxylic acids is 1. The lowest BCUT2D eigenvalue weighted by Crippen LogP contribution is -2.36. The Bertz CT molecular complexity index is 1100. The summed E-state index contributed by atoms with van der Waals surface area (Å²) in [6, 6.07) is 2.34. The van der Waals surface area contributed by atoms with E-state index in [0.717, 1.165) is 38.8 Å². The lowest BCUT2D eigenvalue weighted by atomic mass is 10.0. The number of aromatic nitrogens is 1. The maximum Gasteiger partial charge on any atom is 0.341 e. The molecule has 2 saturated carbocycles. The van der Waals surface area contributed by atoms with Gasteiger partial charge in [0.05, 0.1) is 16.6 Å². The zero-order chi connectivity index (χ0) is 20.7. The van der Waals surface area contributed by atoms with Crippen molar-refractivity contribution in [2.45, 2.75) is 44.7 Å². The van der Waals surface area contributed by atoms with Crippen molar-refractivity contribution < 1.29 is 14.3 Å². The normalized spacial score (nSPS) is 22.8. The molecular weight excluding hydrogens is 373 g/mol. The summed E-state index contributed by atoms with van der Waals surface area (Å²) in [7, 11) is 4.16. The van der Waals surface area contributed by atoms with Crippen molar-refractivity contribution in [2.24, 2.45) is 5.41 Å². The third-order valence-electron chi connectivity index (χ3n) is 7.11. The van der Waals surface area contributed by atoms with E-state index in [1.807, 2.05) is 4.57 Å². The van der Waals surface area contributed by atoms with E-state index in [-0.39, 0.29) is 28.0 Å². The Labute approximate surface area is 168 Å². The lowest BCUT2D eigenvalue weighted by molar-refractivity contribution is 0.0695. The summed E-state index contributed by atoms with van der Waals surface area (Å²) in [5.74, 6) is -1.67. The van der Waals surface area contributed by atoms with Crippen molar-refractivity contribution in [1.29, 1.82) is 0 Å². The van der Waals surface area contributed by atoms with Crippen LogP contribution in [-0.4, -0.2) is 53.8 Å². The molecule has 2 aromatic rings. The minimum atomic E-state index is -1.26. The van der Waals surface area contributed by atoms with Gasteiger partial charge in [-0.1, -0.05) is 0 Å². The summed E-state index contributed by atoms with van der Waals surface area (Å²) in [5, 5.41) is 9.66. The second kappa shape index (κ2) is 6.05. The van der Waals surface area contributed by atoms with Crippen LogP contribution in [0.2, 0.25) is 0 Å². The Morgan fingerprint density at radius 3 is 2.52 bits per heavy atom. The van der Waals surface area contributed by atoms with Crippen LogP contribution in [0, 0.1) is 18.2 Å². The fourth-order valence-corrected chi connectivity index (χ4v) is 5.19. The van der Waals surface area contributed by atoms with Gasteiger partial charge in [0.1, 0.15) is 11.4 Å². The quantitative estimate of drug-likeness (QED) is 0.856. The van der Waals surface area contributed by atoms with Crippen LogP contribution in [-0.2, 0) is 0 Å². The minimum Gasteiger partial charge on any atom is -0.477 e. The van der Waals surface area contributed by atoms with Gasteiger partial charge in [0.2, 0.25) is 5.43 Å². The van der Waals surface area contributed by atoms with Crippen LogP contribution in [0.5, 0.6) is 0 Å². The van der Waals surface area contributed by atoms with Crippen LogP contribution in [0.4, 0.5) is 10.1 Å². The van der Waals surface area contributed by atoms with E-state index in [1.165, 1.54) is 6.20 Å². The van der Waals surface area contributed by atoms with Crippen LogP contribution >= 0.6 is 0 Å². The van der Waals surface area contributed by atoms with Crippen LogP contribution < -0.4 is 10.3 Å². The van der Waals surface area contributed by atoms with Crippen LogP contribution in [0.25, 0.3) is 10.9 Å². The van der Waals surface area contributed by atoms with E-state index in [2.05, 4.69) is 23.9 Å². The van der Waals surface area contributed by atoms with E-state index in [1.54, 1.807) is 13.0 Å². The molecule has 0 unspecified atom stereocenters. The maximum atomic E-state index is 15.5. The molecule has 7 heteroatoms. The molecule has 6 nitrogen and oxygen atoms in total. The summed E-state index contributed by atoms with van der Waals surface area (Å²) in [6.45, 7) is 3.17. The number of halogens is 1. The number of carboxylic acid groups (broad SMARTS) is 1. The van der Waals surface area contributed by atoms with Gasteiger partial charge in [0.15, 0.2) is 0 Å². The second-order valence-electron chi connectivity index (χ2n) is 9.27. The van der Waals surface area contributed by atoms with E-state index in [4.69, 9.17) is 0 Å². The van der Waals surface area contributed by atoms with Gasteiger partial charge in [-0.05, 0) is 52.8 Å². The smallest absolute Gasteiger partial charge is 0.341 e. The topological polar surface area (TPSA) is 65.8 Å². The molecule has 0 bridgehead atoms. The van der Waals surface area contributed by atoms with Gasteiger partial charge in [0.25, 0.3) is 0 Å². The second-order valence-corrected chi connectivity index (χ2v) is 9.27. The summed E-state index contributed by atoms with van der Waals surface area (Å²) in [6.07, 6.45) is 5.65. The van der Waals surface area contributed by atoms with Crippen molar-refractivity contribution in [2.75, 3.05) is 32.1 Å². The maximum absolute atomic E-state index is 15.5. The lowest BCUT2D eigenvalue weighted by Gasteiger charge is -2.25. The predicted octanol–water partition coefficient (Wildman–Crippen LogP) is 3.01. The van der Waals surface area contributed by atoms with E-state index in [9.17, 15) is 14.7 Å². The molecule has 1 aliphatic heterocycles. The van der Waals surface area contributed by atoms with Crippen LogP contribution in [0.1, 0.15) is 47.6 Å². The largest absolute Gasteiger partial charge is 0.477 e. The van der Waals surface area contributed by atoms with E-state index in [0.29, 0.717) is 17.2 Å². The average Bonchev–Trinajstić information content (AvgIpc) is 3.56. The highest BCUT2D eigenvalue weighted by Gasteiger charge is 2.56. The first-order chi connectivity index (χ1) is 13.7. The molecular formula is C22H26FN3O3. The predicted molar refractivity (Wildman–Crippen MR) is 109 cm³/mol. The zero-order valence-electron chi connectivity index (χ0n) is 17.0. The van der Waals surface area contributed by atoms with E-state index < -0.39 is 17.2 Å². The van der Waals surface area contributed by atoms with Gasteiger partial charge < -0.3 is 19.5 Å². The molecule has 0 amide bonds. The van der Waals surface area contributed by atoms with Gasteiger partial charge in [0, 0.05) is 42.3 Å². The number of pyridine rings is 1. The first-order valence-electron chi connectivity index (χ1n) is 10.3. The van der Waals surface area contributed by atoms with Gasteiger partial charge in [-0.15, -0.1) is 0 Å². The molecule has 29 heavy (non-hydrogen) atoms. The molecule has 1 N–H and O–H groups in total. The summed E-state index contributed by atoms with van der Waals surface area (Å²) in [4.78, 5) is 28.8. The highest BCUT2D eigenvalue weighted by Crippen LogP contribution is 2.55. The molecule has 1 atom stereocenters. The minimum absolute atomic E-state index is 0.178. The van der Waals surface area contributed by atoms with Crippen molar-refractivity contribution in [3.8, 4) is 0 Å². The Balaban J connectivity index is 1.70. The summed E-state index contributed by atoms with van der Waals surface area (Å²) in [5.41, 5.74) is 0.779. The van der Waals surface area contributed by atoms with Crippen molar-refractivity contribution >= 4 is 22.6 Å². The molecule has 154 valence electrons. The van der Waals surface area contributed by atoms with Crippen molar-refractivity contribution in [3.63, 3.8) is 0 Å². The third-order valence-corrected chi connectivity index (χ3v) is 7.11. The fourth-order valence-electron chi connectivity index (χ4n) is 5.19. The van der Waals surface area contributed by atoms with Gasteiger partial charge >= 0.3 is 5.97 Å². The number of rotatable bonds is 4. The van der Waals surface area contributed by atoms with Gasteiger partial charge in [-0.3, -0.25) is 4.79 Å². The van der Waals surface area contributed by atoms with Gasteiger partial charge in [-0.2, -0.15) is 0 Å². The number of likely N-dealkylation sites (N-methyl/N-ethyl adjacent to an activating group) is 1. The number of hydrogen-bond donors (Lipinski definition) is 1. The number of anilines is 1. The molecule has 2 aliphatic carbocycles. The number of fused-ring (bicyclic) bond motifs is 1. The van der Waals surface area contributed by atoms with Crippen molar-refractivity contribution in [1.82, 2.24) is 9.47 Å².